The van der Waals surface area contributed by atoms with Crippen LogP contribution in [0.15, 0.2) is 42.6 Å². The smallest absolute Gasteiger partial charge is 0.174 e. The van der Waals surface area contributed by atoms with Crippen LogP contribution >= 0.6 is 0 Å². The van der Waals surface area contributed by atoms with Crippen molar-refractivity contribution in [1.82, 2.24) is 4.98 Å². The number of nitrogens with zero attached hydrogens (tertiary/aromatic N) is 3. The van der Waals surface area contributed by atoms with E-state index in [0.29, 0.717) is 12.3 Å². The molecular weight excluding hydrogens is 304 g/mol. The summed E-state index contributed by atoms with van der Waals surface area (Å²) in [5.74, 6) is 1.47. The highest BCUT2D eigenvalue weighted by molar-refractivity contribution is 5.49. The molecular formula is C18H22N4O2. The zero-order valence-corrected chi connectivity index (χ0v) is 13.9. The molecule has 6 nitrogen and oxygen atoms in total. The fraction of sp³-hybridized carbons (Fsp3) is 0.333. The first-order valence-corrected chi connectivity index (χ1v) is 7.78. The Morgan fingerprint density at radius 1 is 1.29 bits per heavy atom. The van der Waals surface area contributed by atoms with Crippen molar-refractivity contribution in [2.24, 2.45) is 0 Å². The number of aliphatic hydroxyl groups is 1. The number of hydrogen-bond donors (Lipinski definition) is 2. The van der Waals surface area contributed by atoms with E-state index < -0.39 is 0 Å². The third kappa shape index (κ3) is 4.86. The minimum atomic E-state index is 0.0497. The first-order valence-electron chi connectivity index (χ1n) is 7.78. The Bertz CT molecular complexity index is 665. The third-order valence-corrected chi connectivity index (χ3v) is 3.67. The van der Waals surface area contributed by atoms with Gasteiger partial charge in [0, 0.05) is 19.6 Å². The molecule has 0 bridgehead atoms. The van der Waals surface area contributed by atoms with Crippen molar-refractivity contribution in [3.63, 3.8) is 0 Å². The maximum Gasteiger partial charge on any atom is 0.174 e. The Labute approximate surface area is 142 Å². The summed E-state index contributed by atoms with van der Waals surface area (Å²) in [6.07, 6.45) is 1.78. The summed E-state index contributed by atoms with van der Waals surface area (Å²) in [5.41, 5.74) is 2.06. The first kappa shape index (κ1) is 17.6. The Kier molecular flexibility index (Phi) is 6.41. The second-order valence-corrected chi connectivity index (χ2v) is 5.43. The minimum absolute atomic E-state index is 0.0497. The lowest BCUT2D eigenvalue weighted by molar-refractivity contribution is 0.304. The number of pyridine rings is 1. The van der Waals surface area contributed by atoms with Gasteiger partial charge in [-0.3, -0.25) is 0 Å². The lowest BCUT2D eigenvalue weighted by Gasteiger charge is -2.19. The molecule has 1 heterocycles. The first-order chi connectivity index (χ1) is 11.6. The Hall–Kier alpha value is -2.78. The van der Waals surface area contributed by atoms with E-state index in [-0.39, 0.29) is 19.3 Å². The highest BCUT2D eigenvalue weighted by Gasteiger charge is 2.07. The third-order valence-electron chi connectivity index (χ3n) is 3.67. The number of aromatic nitrogens is 1. The molecule has 2 N–H and O–H groups in total. The van der Waals surface area contributed by atoms with Crippen LogP contribution in [0.1, 0.15) is 18.5 Å². The maximum atomic E-state index is 8.97. The largest absolute Gasteiger partial charge is 0.479 e. The van der Waals surface area contributed by atoms with Crippen molar-refractivity contribution in [2.75, 3.05) is 37.0 Å². The van der Waals surface area contributed by atoms with Gasteiger partial charge >= 0.3 is 0 Å². The number of ether oxygens (including phenoxy) is 1. The van der Waals surface area contributed by atoms with Crippen LogP contribution in [0.4, 0.5) is 11.5 Å². The lowest BCUT2D eigenvalue weighted by Crippen LogP contribution is -2.21. The molecule has 0 saturated heterocycles. The molecule has 24 heavy (non-hydrogen) atoms. The van der Waals surface area contributed by atoms with Gasteiger partial charge in [-0.25, -0.2) is 4.98 Å². The van der Waals surface area contributed by atoms with E-state index in [0.717, 1.165) is 17.1 Å². The quantitative estimate of drug-likeness (QED) is 0.776. The highest BCUT2D eigenvalue weighted by Crippen LogP contribution is 2.22. The van der Waals surface area contributed by atoms with E-state index in [4.69, 9.17) is 15.1 Å². The Morgan fingerprint density at radius 2 is 2.04 bits per heavy atom. The average molecular weight is 326 g/mol. The minimum Gasteiger partial charge on any atom is -0.479 e. The number of rotatable bonds is 8. The summed E-state index contributed by atoms with van der Waals surface area (Å²) >= 11 is 0. The second kappa shape index (κ2) is 8.75. The van der Waals surface area contributed by atoms with E-state index in [1.54, 1.807) is 6.20 Å². The molecule has 6 heteroatoms. The molecule has 0 amide bonds. The van der Waals surface area contributed by atoms with Crippen LogP contribution in [-0.2, 0) is 0 Å². The summed E-state index contributed by atoms with van der Waals surface area (Å²) in [6.45, 7) is 2.79. The van der Waals surface area contributed by atoms with Crippen molar-refractivity contribution in [3.8, 4) is 11.8 Å². The van der Waals surface area contributed by atoms with Gasteiger partial charge in [0.25, 0.3) is 0 Å². The van der Waals surface area contributed by atoms with Gasteiger partial charge in [-0.15, -0.1) is 0 Å². The van der Waals surface area contributed by atoms with Crippen LogP contribution in [0.3, 0.4) is 0 Å². The van der Waals surface area contributed by atoms with Gasteiger partial charge in [0.2, 0.25) is 0 Å². The van der Waals surface area contributed by atoms with Crippen LogP contribution in [-0.4, -0.2) is 36.9 Å². The van der Waals surface area contributed by atoms with E-state index in [9.17, 15) is 0 Å². The summed E-state index contributed by atoms with van der Waals surface area (Å²) in [5, 5.41) is 20.8. The molecule has 0 fully saturated rings. The molecule has 126 valence electrons. The predicted molar refractivity (Wildman–Crippen MR) is 94.2 cm³/mol. The maximum absolute atomic E-state index is 8.97. The number of benzene rings is 1. The number of nitrogens with one attached hydrogen (secondary N) is 1. The lowest BCUT2D eigenvalue weighted by atomic mass is 10.1. The van der Waals surface area contributed by atoms with Gasteiger partial charge in [0.05, 0.1) is 18.5 Å². The molecule has 0 aliphatic heterocycles. The van der Waals surface area contributed by atoms with E-state index in [2.05, 4.69) is 17.2 Å². The summed E-state index contributed by atoms with van der Waals surface area (Å²) < 4.78 is 5.25. The normalized spacial score (nSPS) is 11.4. The SMILES string of the molecule is CC(Nc1ccc(N(C)CCO)cn1)c1ccc(OCC#N)cc1. The molecule has 2 aromatic rings. The topological polar surface area (TPSA) is 81.4 Å². The highest BCUT2D eigenvalue weighted by atomic mass is 16.5. The molecule has 0 spiro atoms. The van der Waals surface area contributed by atoms with Gasteiger partial charge in [-0.1, -0.05) is 12.1 Å². The van der Waals surface area contributed by atoms with E-state index >= 15 is 0 Å². The number of nitriles is 1. The van der Waals surface area contributed by atoms with E-state index in [1.807, 2.05) is 54.4 Å². The molecule has 1 unspecified atom stereocenters. The molecule has 0 saturated carbocycles. The van der Waals surface area contributed by atoms with Crippen molar-refractivity contribution in [1.29, 1.82) is 5.26 Å². The molecule has 0 aliphatic rings. The molecule has 0 aliphatic carbocycles. The molecule has 2 rings (SSSR count). The van der Waals surface area contributed by atoms with Gasteiger partial charge in [-0.05, 0) is 36.8 Å². The predicted octanol–water partition coefficient (Wildman–Crippen LogP) is 2.59. The fourth-order valence-electron chi connectivity index (χ4n) is 2.25. The molecule has 1 aromatic heterocycles. The fourth-order valence-corrected chi connectivity index (χ4v) is 2.25. The number of hydrogen-bond acceptors (Lipinski definition) is 6. The average Bonchev–Trinajstić information content (AvgIpc) is 2.61. The number of aliphatic hydroxyl groups excluding tert-OH is 1. The summed E-state index contributed by atoms with van der Waals surface area (Å²) in [6, 6.07) is 13.6. The van der Waals surface area contributed by atoms with Crippen molar-refractivity contribution >= 4 is 11.5 Å². The van der Waals surface area contributed by atoms with Crippen LogP contribution in [0, 0.1) is 11.3 Å². The standard InChI is InChI=1S/C18H22N4O2/c1-14(15-3-6-17(7-4-15)24-12-9-19)21-18-8-5-16(13-20-18)22(2)10-11-23/h3-8,13-14,23H,10-12H2,1-2H3,(H,20,21). The Morgan fingerprint density at radius 3 is 2.62 bits per heavy atom. The molecule has 1 aromatic carbocycles. The molecule has 1 atom stereocenters. The van der Waals surface area contributed by atoms with Gasteiger partial charge in [0.15, 0.2) is 6.61 Å². The van der Waals surface area contributed by atoms with Crippen LogP contribution in [0.25, 0.3) is 0 Å². The van der Waals surface area contributed by atoms with Crippen molar-refractivity contribution in [3.05, 3.63) is 48.2 Å². The van der Waals surface area contributed by atoms with Crippen molar-refractivity contribution in [2.45, 2.75) is 13.0 Å². The summed E-state index contributed by atoms with van der Waals surface area (Å²) in [4.78, 5) is 6.36. The number of likely N-dealkylation sites (N-methyl/N-ethyl adjacent to an activating group) is 1. The van der Waals surface area contributed by atoms with Crippen LogP contribution in [0.5, 0.6) is 5.75 Å². The zero-order valence-electron chi connectivity index (χ0n) is 13.9. The molecule has 0 radical (unpaired) electrons. The van der Waals surface area contributed by atoms with Crippen molar-refractivity contribution < 1.29 is 9.84 Å². The van der Waals surface area contributed by atoms with Gasteiger partial charge in [0.1, 0.15) is 17.6 Å². The Balaban J connectivity index is 1.96. The second-order valence-electron chi connectivity index (χ2n) is 5.43. The van der Waals surface area contributed by atoms with Crippen LogP contribution in [0.2, 0.25) is 0 Å². The summed E-state index contributed by atoms with van der Waals surface area (Å²) in [7, 11) is 1.92. The van der Waals surface area contributed by atoms with E-state index in [1.165, 1.54) is 0 Å². The van der Waals surface area contributed by atoms with Crippen LogP contribution < -0.4 is 15.0 Å². The van der Waals surface area contributed by atoms with Gasteiger partial charge in [-0.2, -0.15) is 5.26 Å². The van der Waals surface area contributed by atoms with Gasteiger partial charge < -0.3 is 20.1 Å². The monoisotopic (exact) mass is 326 g/mol. The number of anilines is 2. The zero-order chi connectivity index (χ0) is 17.4.